The number of aromatic nitrogens is 1. The molecule has 1 heterocycles. The third kappa shape index (κ3) is 3.06. The predicted octanol–water partition coefficient (Wildman–Crippen LogP) is 6.19. The summed E-state index contributed by atoms with van der Waals surface area (Å²) in [6, 6.07) is 6.35. The zero-order chi connectivity index (χ0) is 18.1. The highest BCUT2D eigenvalue weighted by molar-refractivity contribution is 7.31. The molecule has 2 nitrogen and oxygen atoms in total. The van der Waals surface area contributed by atoms with Crippen LogP contribution in [0.2, 0.25) is 16.6 Å². The second kappa shape index (κ2) is 7.40. The first-order valence-electron chi connectivity index (χ1n) is 8.98. The van der Waals surface area contributed by atoms with Crippen molar-refractivity contribution in [3.63, 3.8) is 0 Å². The molecule has 0 aliphatic heterocycles. The molecule has 4 heteroatoms. The minimum atomic E-state index is -1.73. The van der Waals surface area contributed by atoms with E-state index in [1.54, 1.807) is 0 Å². The maximum absolute atomic E-state index is 5.65. The lowest BCUT2D eigenvalue weighted by Crippen LogP contribution is -2.55. The van der Waals surface area contributed by atoms with Crippen LogP contribution >= 0.6 is 11.3 Å². The quantitative estimate of drug-likeness (QED) is 0.433. The summed E-state index contributed by atoms with van der Waals surface area (Å²) in [5.74, 6) is 0.728. The first-order chi connectivity index (χ1) is 11.3. The molecule has 0 spiro atoms. The fourth-order valence-electron chi connectivity index (χ4n) is 4.35. The van der Waals surface area contributed by atoms with Gasteiger partial charge in [-0.05, 0) is 35.7 Å². The Hall–Kier alpha value is -1.13. The maximum atomic E-state index is 5.65. The summed E-state index contributed by atoms with van der Waals surface area (Å²) in [5.41, 5.74) is 4.09. The number of benzene rings is 1. The highest BCUT2D eigenvalue weighted by Crippen LogP contribution is 2.42. The molecule has 0 bridgehead atoms. The maximum Gasteiger partial charge on any atom is 0.131 e. The Kier molecular flexibility index (Phi) is 5.92. The van der Waals surface area contributed by atoms with Crippen molar-refractivity contribution in [1.82, 2.24) is 4.98 Å². The van der Waals surface area contributed by atoms with E-state index in [1.807, 2.05) is 18.3 Å². The molecule has 0 atom stereocenters. The van der Waals surface area contributed by atoms with Crippen LogP contribution in [0, 0.1) is 0 Å². The molecule has 1 aromatic carbocycles. The normalized spacial score (nSPS) is 12.6. The molecule has 0 radical (unpaired) electrons. The first-order valence-corrected chi connectivity index (χ1v) is 12.0. The van der Waals surface area contributed by atoms with Gasteiger partial charge in [-0.1, -0.05) is 54.2 Å². The molecule has 0 N–H and O–H groups in total. The van der Waals surface area contributed by atoms with Crippen LogP contribution in [0.5, 0.6) is 0 Å². The molecule has 2 rings (SSSR count). The molecule has 0 aliphatic rings. The van der Waals surface area contributed by atoms with Crippen LogP contribution in [-0.4, -0.2) is 19.7 Å². The van der Waals surface area contributed by atoms with Crippen molar-refractivity contribution in [2.45, 2.75) is 65.1 Å². The first kappa shape index (κ1) is 19.2. The van der Waals surface area contributed by atoms with Crippen LogP contribution in [0.3, 0.4) is 0 Å². The van der Waals surface area contributed by atoms with Crippen molar-refractivity contribution in [2.75, 3.05) is 6.61 Å². The van der Waals surface area contributed by atoms with Crippen LogP contribution in [0.15, 0.2) is 24.8 Å². The Labute approximate surface area is 152 Å². The molecule has 0 saturated carbocycles. The van der Waals surface area contributed by atoms with E-state index in [4.69, 9.17) is 9.72 Å². The summed E-state index contributed by atoms with van der Waals surface area (Å²) in [6.07, 6.45) is 0. The lowest BCUT2D eigenvalue weighted by atomic mass is 10.2. The number of nitrogens with zero attached hydrogens (tertiary/aromatic N) is 1. The monoisotopic (exact) mass is 361 g/mol. The van der Waals surface area contributed by atoms with Gasteiger partial charge in [0.05, 0.1) is 21.5 Å². The van der Waals surface area contributed by atoms with Gasteiger partial charge in [0.25, 0.3) is 0 Å². The van der Waals surface area contributed by atoms with Crippen molar-refractivity contribution < 1.29 is 4.74 Å². The van der Waals surface area contributed by atoms with Gasteiger partial charge >= 0.3 is 0 Å². The fraction of sp³-hybridized carbons (Fsp3) is 0.550. The van der Waals surface area contributed by atoms with Gasteiger partial charge in [0.2, 0.25) is 0 Å². The number of ether oxygens (including phenoxy) is 1. The van der Waals surface area contributed by atoms with Crippen molar-refractivity contribution in [3.05, 3.63) is 30.3 Å². The largest absolute Gasteiger partial charge is 0.494 e. The lowest BCUT2D eigenvalue weighted by Gasteiger charge is -2.41. The topological polar surface area (TPSA) is 22.1 Å². The summed E-state index contributed by atoms with van der Waals surface area (Å²) >= 11 is 1.89. The van der Waals surface area contributed by atoms with Gasteiger partial charge in [-0.15, -0.1) is 11.3 Å². The second-order valence-electron chi connectivity index (χ2n) is 7.42. The van der Waals surface area contributed by atoms with E-state index in [0.29, 0.717) is 23.2 Å². The Morgan fingerprint density at radius 3 is 2.21 bits per heavy atom. The zero-order valence-corrected chi connectivity index (χ0v) is 18.0. The Morgan fingerprint density at radius 2 is 1.71 bits per heavy atom. The minimum absolute atomic E-state index is 0.634. The molecule has 1 aromatic heterocycles. The Bertz CT molecular complexity index is 696. The Balaban J connectivity index is 2.69. The fourth-order valence-corrected chi connectivity index (χ4v) is 14.0. The molecular weight excluding hydrogens is 330 g/mol. The molecule has 0 fully saturated rings. The van der Waals surface area contributed by atoms with E-state index in [-0.39, 0.29) is 0 Å². The summed E-state index contributed by atoms with van der Waals surface area (Å²) in [4.78, 5) is 5.19. The molecule has 2 aromatic rings. The standard InChI is InChI=1S/C20H31NOSSi/c1-9-22-16(8)17-11-10-12-18-19(17)21-20(23-18)24(13(2)3,14(4)5)15(6)7/h10-15H,8-9H2,1-7H3. The zero-order valence-electron chi connectivity index (χ0n) is 16.1. The number of thiazole rings is 1. The number of fused-ring (bicyclic) bond motifs is 1. The molecule has 24 heavy (non-hydrogen) atoms. The number of para-hydroxylation sites is 1. The van der Waals surface area contributed by atoms with E-state index in [9.17, 15) is 0 Å². The van der Waals surface area contributed by atoms with Gasteiger partial charge in [-0.2, -0.15) is 0 Å². The summed E-state index contributed by atoms with van der Waals surface area (Å²) in [7, 11) is -1.73. The summed E-state index contributed by atoms with van der Waals surface area (Å²) in [6.45, 7) is 21.0. The van der Waals surface area contributed by atoms with E-state index >= 15 is 0 Å². The Morgan fingerprint density at radius 1 is 1.12 bits per heavy atom. The molecule has 0 aliphatic carbocycles. The van der Waals surface area contributed by atoms with Crippen LogP contribution < -0.4 is 4.63 Å². The molecule has 0 unspecified atom stereocenters. The molecule has 132 valence electrons. The summed E-state index contributed by atoms with van der Waals surface area (Å²) in [5, 5.41) is 0. The average Bonchev–Trinajstić information content (AvgIpc) is 2.90. The van der Waals surface area contributed by atoms with E-state index in [2.05, 4.69) is 66.3 Å². The van der Waals surface area contributed by atoms with Gasteiger partial charge in [-0.25, -0.2) is 4.98 Å². The predicted molar refractivity (Wildman–Crippen MR) is 111 cm³/mol. The van der Waals surface area contributed by atoms with E-state index in [1.165, 1.54) is 9.33 Å². The minimum Gasteiger partial charge on any atom is -0.494 e. The van der Waals surface area contributed by atoms with Gasteiger partial charge in [-0.3, -0.25) is 0 Å². The number of hydrogen-bond donors (Lipinski definition) is 0. The van der Waals surface area contributed by atoms with Gasteiger partial charge in [0, 0.05) is 5.56 Å². The highest BCUT2D eigenvalue weighted by Gasteiger charge is 2.47. The van der Waals surface area contributed by atoms with Crippen molar-refractivity contribution >= 4 is 40.0 Å². The van der Waals surface area contributed by atoms with Crippen molar-refractivity contribution in [1.29, 1.82) is 0 Å². The highest BCUT2D eigenvalue weighted by atomic mass is 32.1. The van der Waals surface area contributed by atoms with Gasteiger partial charge in [0.1, 0.15) is 13.8 Å². The lowest BCUT2D eigenvalue weighted by molar-refractivity contribution is 0.299. The van der Waals surface area contributed by atoms with Gasteiger partial charge in [0.15, 0.2) is 0 Å². The average molecular weight is 362 g/mol. The van der Waals surface area contributed by atoms with Crippen LogP contribution in [0.25, 0.3) is 16.0 Å². The van der Waals surface area contributed by atoms with E-state index in [0.717, 1.165) is 16.8 Å². The van der Waals surface area contributed by atoms with Gasteiger partial charge < -0.3 is 4.74 Å². The second-order valence-corrected chi connectivity index (χ2v) is 14.6. The SMILES string of the molecule is C=C(OCC)c1cccc2sc([Si](C(C)C)(C(C)C)C(C)C)nc12. The van der Waals surface area contributed by atoms with Crippen LogP contribution in [-0.2, 0) is 4.74 Å². The third-order valence-corrected chi connectivity index (χ3v) is 14.1. The molecular formula is C20H31NOSSi. The number of hydrogen-bond acceptors (Lipinski definition) is 3. The van der Waals surface area contributed by atoms with E-state index < -0.39 is 8.07 Å². The molecule has 0 saturated heterocycles. The number of rotatable bonds is 7. The van der Waals surface area contributed by atoms with Crippen LogP contribution in [0.4, 0.5) is 0 Å². The third-order valence-electron chi connectivity index (χ3n) is 5.27. The van der Waals surface area contributed by atoms with Crippen LogP contribution in [0.1, 0.15) is 54.0 Å². The molecule has 0 amide bonds. The van der Waals surface area contributed by atoms with Crippen molar-refractivity contribution in [2.24, 2.45) is 0 Å². The smallest absolute Gasteiger partial charge is 0.131 e. The van der Waals surface area contributed by atoms with Crippen molar-refractivity contribution in [3.8, 4) is 0 Å². The summed E-state index contributed by atoms with van der Waals surface area (Å²) < 4.78 is 8.29.